The van der Waals surface area contributed by atoms with Gasteiger partial charge in [0, 0.05) is 26.9 Å². The van der Waals surface area contributed by atoms with E-state index >= 15 is 0 Å². The number of rotatable bonds is 8. The van der Waals surface area contributed by atoms with Gasteiger partial charge in [0.05, 0.1) is 33.8 Å². The number of hydrogen-bond donors (Lipinski definition) is 3. The van der Waals surface area contributed by atoms with Crippen molar-refractivity contribution in [3.63, 3.8) is 0 Å². The number of aromatic nitrogens is 4. The van der Waals surface area contributed by atoms with Crippen LogP contribution in [0.5, 0.6) is 0 Å². The number of alkyl halides is 1. The number of nitrogens with zero attached hydrogens (tertiary/aromatic N) is 3. The van der Waals surface area contributed by atoms with E-state index in [9.17, 15) is 0 Å². The molecular formula is C33H27Cl3N6S. The zero-order valence-electron chi connectivity index (χ0n) is 23.3. The van der Waals surface area contributed by atoms with Crippen LogP contribution in [0.4, 0.5) is 11.4 Å². The molecule has 2 aromatic heterocycles. The number of aryl methyl sites for hydroxylation is 2. The fourth-order valence-corrected chi connectivity index (χ4v) is 6.07. The molecule has 216 valence electrons. The number of halogens is 3. The zero-order valence-corrected chi connectivity index (χ0v) is 26.4. The Bertz CT molecular complexity index is 1990. The van der Waals surface area contributed by atoms with Crippen molar-refractivity contribution in [2.75, 3.05) is 10.9 Å². The number of hydrogen-bond acceptors (Lipinski definition) is 4. The van der Waals surface area contributed by atoms with Crippen LogP contribution in [0.15, 0.2) is 103 Å². The SMILES string of the molecule is Cc1ncn(Nc2cccc(C(Cl)c3cccc(-c4c(C)[nH]c(=S)n4Nc4cccc(Cl)c4)c3)c2)c1-c1cccc(Cl)c1. The normalized spacial score (nSPS) is 11.8. The molecule has 0 fully saturated rings. The molecule has 2 heterocycles. The first-order valence-corrected chi connectivity index (χ1v) is 15.1. The molecule has 0 aliphatic carbocycles. The first kappa shape index (κ1) is 29.1. The van der Waals surface area contributed by atoms with Crippen LogP contribution in [0, 0.1) is 18.6 Å². The highest BCUT2D eigenvalue weighted by atomic mass is 35.5. The molecule has 1 atom stereocenters. The van der Waals surface area contributed by atoms with E-state index in [2.05, 4.69) is 26.9 Å². The van der Waals surface area contributed by atoms with E-state index in [1.807, 2.05) is 114 Å². The van der Waals surface area contributed by atoms with E-state index in [1.54, 1.807) is 6.33 Å². The minimum Gasteiger partial charge on any atom is -0.333 e. The predicted octanol–water partition coefficient (Wildman–Crippen LogP) is 10.1. The highest BCUT2D eigenvalue weighted by molar-refractivity contribution is 7.71. The maximum Gasteiger partial charge on any atom is 0.197 e. The van der Waals surface area contributed by atoms with Gasteiger partial charge in [0.15, 0.2) is 4.77 Å². The third kappa shape index (κ3) is 6.21. The maximum absolute atomic E-state index is 7.12. The standard InChI is InChI=1S/C33H27Cl3N6S/c1-20-31(25-10-4-11-26(34)16-25)41(19-37-20)39-28-13-5-8-23(17-28)30(36)22-7-3-9-24(15-22)32-21(2)38-33(43)42(32)40-29-14-6-12-27(35)18-29/h3-19,30,39-40H,1-2H3,(H,38,43). The van der Waals surface area contributed by atoms with Crippen molar-refractivity contribution in [3.8, 4) is 22.5 Å². The number of H-pyrrole nitrogens is 1. The van der Waals surface area contributed by atoms with Gasteiger partial charge in [-0.05, 0) is 85.7 Å². The molecule has 0 spiro atoms. The third-order valence-corrected chi connectivity index (χ3v) is 8.33. The summed E-state index contributed by atoms with van der Waals surface area (Å²) in [6.07, 6.45) is 1.76. The van der Waals surface area contributed by atoms with E-state index in [0.29, 0.717) is 14.8 Å². The molecule has 6 rings (SSSR count). The second-order valence-electron chi connectivity index (χ2n) is 10.1. The molecule has 0 bridgehead atoms. The Balaban J connectivity index is 1.29. The molecule has 0 aliphatic heterocycles. The van der Waals surface area contributed by atoms with Crippen LogP contribution in [0.1, 0.15) is 27.9 Å². The molecule has 3 N–H and O–H groups in total. The summed E-state index contributed by atoms with van der Waals surface area (Å²) < 4.78 is 4.30. The van der Waals surface area contributed by atoms with Crippen LogP contribution in [-0.2, 0) is 0 Å². The summed E-state index contributed by atoms with van der Waals surface area (Å²) in [5, 5.41) is 0.913. The monoisotopic (exact) mass is 644 g/mol. The number of nitrogens with one attached hydrogen (secondary N) is 3. The van der Waals surface area contributed by atoms with Gasteiger partial charge < -0.3 is 4.98 Å². The fraction of sp³-hybridized carbons (Fsp3) is 0.0909. The van der Waals surface area contributed by atoms with E-state index in [1.165, 1.54) is 0 Å². The highest BCUT2D eigenvalue weighted by Gasteiger charge is 2.17. The molecule has 0 amide bonds. The summed E-state index contributed by atoms with van der Waals surface area (Å²) in [5.74, 6) is 0. The molecule has 0 radical (unpaired) electrons. The number of aromatic amines is 1. The molecule has 4 aromatic carbocycles. The quantitative estimate of drug-likeness (QED) is 0.114. The topological polar surface area (TPSA) is 62.6 Å². The van der Waals surface area contributed by atoms with Gasteiger partial charge in [-0.15, -0.1) is 11.6 Å². The largest absolute Gasteiger partial charge is 0.333 e. The lowest BCUT2D eigenvalue weighted by Crippen LogP contribution is -2.11. The van der Waals surface area contributed by atoms with E-state index in [0.717, 1.165) is 56.4 Å². The fourth-order valence-electron chi connectivity index (χ4n) is 5.13. The summed E-state index contributed by atoms with van der Waals surface area (Å²) in [6, 6.07) is 31.5. The first-order valence-electron chi connectivity index (χ1n) is 13.5. The second-order valence-corrected chi connectivity index (χ2v) is 11.8. The molecule has 0 aliphatic rings. The third-order valence-electron chi connectivity index (χ3n) is 7.07. The average molecular weight is 646 g/mol. The van der Waals surface area contributed by atoms with Gasteiger partial charge >= 0.3 is 0 Å². The molecule has 6 nitrogen and oxygen atoms in total. The molecule has 0 saturated carbocycles. The van der Waals surface area contributed by atoms with Crippen molar-refractivity contribution in [2.45, 2.75) is 19.2 Å². The Morgan fingerprint density at radius 2 is 1.35 bits per heavy atom. The summed E-state index contributed by atoms with van der Waals surface area (Å²) in [5.41, 5.74) is 16.0. The van der Waals surface area contributed by atoms with Crippen molar-refractivity contribution < 1.29 is 0 Å². The van der Waals surface area contributed by atoms with Crippen LogP contribution in [0.3, 0.4) is 0 Å². The van der Waals surface area contributed by atoms with Crippen LogP contribution >= 0.6 is 47.0 Å². The predicted molar refractivity (Wildman–Crippen MR) is 181 cm³/mol. The van der Waals surface area contributed by atoms with Gasteiger partial charge in [0.1, 0.15) is 6.33 Å². The number of benzene rings is 4. The second kappa shape index (κ2) is 12.3. The zero-order chi connectivity index (χ0) is 30.1. The van der Waals surface area contributed by atoms with Crippen molar-refractivity contribution >= 4 is 58.4 Å². The minimum absolute atomic E-state index is 0.393. The van der Waals surface area contributed by atoms with Gasteiger partial charge in [-0.25, -0.2) is 14.3 Å². The Morgan fingerprint density at radius 3 is 2.07 bits per heavy atom. The van der Waals surface area contributed by atoms with Crippen LogP contribution < -0.4 is 10.9 Å². The maximum atomic E-state index is 7.12. The molecule has 6 aromatic rings. The van der Waals surface area contributed by atoms with Crippen molar-refractivity contribution in [1.29, 1.82) is 0 Å². The summed E-state index contributed by atoms with van der Waals surface area (Å²) in [7, 11) is 0. The molecular weight excluding hydrogens is 619 g/mol. The highest BCUT2D eigenvalue weighted by Crippen LogP contribution is 2.34. The van der Waals surface area contributed by atoms with Crippen LogP contribution in [0.25, 0.3) is 22.5 Å². The van der Waals surface area contributed by atoms with Gasteiger partial charge in [0.2, 0.25) is 0 Å². The summed E-state index contributed by atoms with van der Waals surface area (Å²) in [4.78, 5) is 7.78. The van der Waals surface area contributed by atoms with E-state index < -0.39 is 5.38 Å². The van der Waals surface area contributed by atoms with Crippen molar-refractivity contribution in [3.05, 3.63) is 141 Å². The Morgan fingerprint density at radius 1 is 0.744 bits per heavy atom. The van der Waals surface area contributed by atoms with E-state index in [4.69, 9.17) is 47.0 Å². The lowest BCUT2D eigenvalue weighted by atomic mass is 10.00. The van der Waals surface area contributed by atoms with Crippen LogP contribution in [-0.4, -0.2) is 19.3 Å². The number of imidazole rings is 2. The minimum atomic E-state index is -0.393. The molecule has 1 unspecified atom stereocenters. The van der Waals surface area contributed by atoms with Gasteiger partial charge in [-0.3, -0.25) is 10.9 Å². The Kier molecular flexibility index (Phi) is 8.32. The van der Waals surface area contributed by atoms with Crippen molar-refractivity contribution in [2.24, 2.45) is 0 Å². The smallest absolute Gasteiger partial charge is 0.197 e. The lowest BCUT2D eigenvalue weighted by molar-refractivity contribution is 0.942. The summed E-state index contributed by atoms with van der Waals surface area (Å²) in [6.45, 7) is 3.97. The van der Waals surface area contributed by atoms with Gasteiger partial charge in [-0.2, -0.15) is 0 Å². The summed E-state index contributed by atoms with van der Waals surface area (Å²) >= 11 is 25.2. The van der Waals surface area contributed by atoms with Gasteiger partial charge in [-0.1, -0.05) is 71.7 Å². The number of anilines is 2. The van der Waals surface area contributed by atoms with E-state index in [-0.39, 0.29) is 0 Å². The van der Waals surface area contributed by atoms with Crippen LogP contribution in [0.2, 0.25) is 10.0 Å². The lowest BCUT2D eigenvalue weighted by Gasteiger charge is -2.17. The van der Waals surface area contributed by atoms with Gasteiger partial charge in [0.25, 0.3) is 0 Å². The first-order chi connectivity index (χ1) is 20.8. The van der Waals surface area contributed by atoms with Crippen molar-refractivity contribution in [1.82, 2.24) is 19.3 Å². The Hall–Kier alpha value is -4.01. The molecule has 10 heteroatoms. The molecule has 43 heavy (non-hydrogen) atoms. The average Bonchev–Trinajstić information content (AvgIpc) is 3.49. The molecule has 0 saturated heterocycles. The Labute approximate surface area is 269 Å².